The van der Waals surface area contributed by atoms with Crippen molar-refractivity contribution in [2.45, 2.75) is 39.0 Å². The van der Waals surface area contributed by atoms with E-state index in [2.05, 4.69) is 10.3 Å². The summed E-state index contributed by atoms with van der Waals surface area (Å²) in [5.74, 6) is -0.398. The number of hydrogen-bond donors (Lipinski definition) is 1. The molecule has 4 aromatic rings. The second-order valence-corrected chi connectivity index (χ2v) is 9.23. The van der Waals surface area contributed by atoms with Crippen LogP contribution in [0, 0.1) is 11.6 Å². The fourth-order valence-electron chi connectivity index (χ4n) is 4.71. The van der Waals surface area contributed by atoms with Crippen LogP contribution < -0.4 is 10.1 Å². The van der Waals surface area contributed by atoms with Gasteiger partial charge in [0.25, 0.3) is 5.91 Å². The molecule has 0 spiro atoms. The third kappa shape index (κ3) is 5.98. The lowest BCUT2D eigenvalue weighted by Crippen LogP contribution is -2.40. The lowest BCUT2D eigenvalue weighted by molar-refractivity contribution is -0.132. The van der Waals surface area contributed by atoms with Gasteiger partial charge in [-0.3, -0.25) is 9.59 Å². The number of oxazole rings is 1. The Hall–Kier alpha value is -4.53. The first-order chi connectivity index (χ1) is 18.9. The molecule has 7 nitrogen and oxygen atoms in total. The highest BCUT2D eigenvalue weighted by Crippen LogP contribution is 2.37. The van der Waals surface area contributed by atoms with Gasteiger partial charge in [-0.2, -0.15) is 0 Å². The van der Waals surface area contributed by atoms with Gasteiger partial charge >= 0.3 is 0 Å². The molecule has 2 amide bonds. The number of benzene rings is 3. The molecule has 39 heavy (non-hydrogen) atoms. The molecule has 1 atom stereocenters. The lowest BCUT2D eigenvalue weighted by Gasteiger charge is -2.38. The smallest absolute Gasteiger partial charge is 0.273 e. The van der Waals surface area contributed by atoms with Crippen molar-refractivity contribution in [2.75, 3.05) is 6.54 Å². The Labute approximate surface area is 224 Å². The van der Waals surface area contributed by atoms with Gasteiger partial charge in [0.05, 0.1) is 6.04 Å². The molecule has 0 bridgehead atoms. The summed E-state index contributed by atoms with van der Waals surface area (Å²) in [6, 6.07) is 17.5. The molecule has 1 aromatic heterocycles. The third-order valence-corrected chi connectivity index (χ3v) is 6.64. The molecular weight excluding hydrogens is 504 g/mol. The highest BCUT2D eigenvalue weighted by atomic mass is 19.1. The van der Waals surface area contributed by atoms with Crippen molar-refractivity contribution >= 4 is 11.8 Å². The average Bonchev–Trinajstić information content (AvgIpc) is 3.43. The van der Waals surface area contributed by atoms with Crippen LogP contribution in [0.3, 0.4) is 0 Å². The second-order valence-electron chi connectivity index (χ2n) is 9.23. The van der Waals surface area contributed by atoms with Gasteiger partial charge < -0.3 is 19.4 Å². The van der Waals surface area contributed by atoms with Gasteiger partial charge in [-0.25, -0.2) is 13.8 Å². The molecule has 0 radical (unpaired) electrons. The SMILES string of the molecule is CCC(=O)N1CCc2ccc(OCc3nc(C(=O)NCc4cccc(F)c4)co3)cc2C1c1ccc(F)cc1. The second kappa shape index (κ2) is 11.5. The Morgan fingerprint density at radius 2 is 1.90 bits per heavy atom. The highest BCUT2D eigenvalue weighted by Gasteiger charge is 2.31. The maximum atomic E-state index is 13.6. The van der Waals surface area contributed by atoms with Crippen LogP contribution in [0.25, 0.3) is 0 Å². The number of rotatable bonds is 8. The molecule has 1 aliphatic rings. The first-order valence-electron chi connectivity index (χ1n) is 12.7. The summed E-state index contributed by atoms with van der Waals surface area (Å²) in [4.78, 5) is 31.2. The number of carbonyl (C=O) groups excluding carboxylic acids is 2. The molecule has 0 saturated carbocycles. The van der Waals surface area contributed by atoms with Gasteiger partial charge in [0, 0.05) is 19.5 Å². The van der Waals surface area contributed by atoms with E-state index in [0.29, 0.717) is 30.7 Å². The Balaban J connectivity index is 1.29. The monoisotopic (exact) mass is 531 g/mol. The standard InChI is InChI=1S/C30H27F2N3O4/c1-2-28(36)35-13-12-20-8-11-24(15-25(20)29(35)21-6-9-22(31)10-7-21)38-18-27-34-26(17-39-27)30(37)33-16-19-4-3-5-23(32)14-19/h3-11,14-15,17,29H,2,12-13,16,18H2,1H3,(H,33,37). The fraction of sp³-hybridized carbons (Fsp3) is 0.233. The summed E-state index contributed by atoms with van der Waals surface area (Å²) in [5, 5.41) is 2.68. The fourth-order valence-corrected chi connectivity index (χ4v) is 4.71. The minimum absolute atomic E-state index is 0.0179. The maximum Gasteiger partial charge on any atom is 0.273 e. The molecule has 200 valence electrons. The molecule has 5 rings (SSSR count). The van der Waals surface area contributed by atoms with E-state index >= 15 is 0 Å². The number of ether oxygens (including phenoxy) is 1. The quantitative estimate of drug-likeness (QED) is 0.332. The van der Waals surface area contributed by atoms with Crippen molar-refractivity contribution in [1.29, 1.82) is 0 Å². The van der Waals surface area contributed by atoms with Gasteiger partial charge in [0.2, 0.25) is 11.8 Å². The molecule has 0 fully saturated rings. The van der Waals surface area contributed by atoms with E-state index in [4.69, 9.17) is 9.15 Å². The predicted octanol–water partition coefficient (Wildman–Crippen LogP) is 5.35. The van der Waals surface area contributed by atoms with Crippen LogP contribution in [0.15, 0.2) is 77.4 Å². The zero-order valence-electron chi connectivity index (χ0n) is 21.3. The van der Waals surface area contributed by atoms with Crippen LogP contribution in [0.5, 0.6) is 5.75 Å². The van der Waals surface area contributed by atoms with Crippen LogP contribution in [0.4, 0.5) is 8.78 Å². The van der Waals surface area contributed by atoms with Crippen molar-refractivity contribution in [3.05, 3.63) is 118 Å². The van der Waals surface area contributed by atoms with E-state index in [-0.39, 0.29) is 48.3 Å². The van der Waals surface area contributed by atoms with E-state index in [0.717, 1.165) is 16.7 Å². The minimum Gasteiger partial charge on any atom is -0.484 e. The summed E-state index contributed by atoms with van der Waals surface area (Å²) in [5.41, 5.74) is 3.53. The van der Waals surface area contributed by atoms with Crippen LogP contribution >= 0.6 is 0 Å². The van der Waals surface area contributed by atoms with Gasteiger partial charge in [-0.05, 0) is 65.1 Å². The molecular formula is C30H27F2N3O4. The van der Waals surface area contributed by atoms with Crippen molar-refractivity contribution in [1.82, 2.24) is 15.2 Å². The molecule has 0 saturated heterocycles. The number of halogens is 2. The van der Waals surface area contributed by atoms with E-state index < -0.39 is 5.91 Å². The summed E-state index contributed by atoms with van der Waals surface area (Å²) in [7, 11) is 0. The molecule has 0 aliphatic carbocycles. The molecule has 1 unspecified atom stereocenters. The van der Waals surface area contributed by atoms with Crippen molar-refractivity contribution < 1.29 is 27.5 Å². The third-order valence-electron chi connectivity index (χ3n) is 6.64. The minimum atomic E-state index is -0.453. The Morgan fingerprint density at radius 1 is 1.08 bits per heavy atom. The molecule has 9 heteroatoms. The maximum absolute atomic E-state index is 13.6. The van der Waals surface area contributed by atoms with Gasteiger partial charge in [0.1, 0.15) is 23.6 Å². The largest absolute Gasteiger partial charge is 0.484 e. The first-order valence-corrected chi connectivity index (χ1v) is 12.7. The lowest BCUT2D eigenvalue weighted by atomic mass is 9.87. The van der Waals surface area contributed by atoms with Crippen molar-refractivity contribution in [3.8, 4) is 5.75 Å². The zero-order valence-corrected chi connectivity index (χ0v) is 21.3. The summed E-state index contributed by atoms with van der Waals surface area (Å²) >= 11 is 0. The topological polar surface area (TPSA) is 84.7 Å². The van der Waals surface area contributed by atoms with Gasteiger partial charge in [-0.15, -0.1) is 0 Å². The summed E-state index contributed by atoms with van der Waals surface area (Å²) < 4.78 is 38.3. The van der Waals surface area contributed by atoms with E-state index in [9.17, 15) is 18.4 Å². The average molecular weight is 532 g/mol. The van der Waals surface area contributed by atoms with Crippen LogP contribution in [0.2, 0.25) is 0 Å². The molecule has 1 N–H and O–H groups in total. The predicted molar refractivity (Wildman–Crippen MR) is 139 cm³/mol. The van der Waals surface area contributed by atoms with E-state index in [1.165, 1.54) is 30.5 Å². The summed E-state index contributed by atoms with van der Waals surface area (Å²) in [6.07, 6.45) is 2.31. The molecule has 2 heterocycles. The highest BCUT2D eigenvalue weighted by molar-refractivity contribution is 5.91. The Kier molecular flexibility index (Phi) is 7.67. The zero-order chi connectivity index (χ0) is 27.4. The number of aromatic nitrogens is 1. The van der Waals surface area contributed by atoms with Crippen molar-refractivity contribution in [2.24, 2.45) is 0 Å². The number of amides is 2. The van der Waals surface area contributed by atoms with Gasteiger partial charge in [-0.1, -0.05) is 37.3 Å². The number of hydrogen-bond acceptors (Lipinski definition) is 5. The first kappa shape index (κ1) is 26.1. The Bertz CT molecular complexity index is 1490. The number of fused-ring (bicyclic) bond motifs is 1. The Morgan fingerprint density at radius 3 is 2.67 bits per heavy atom. The van der Waals surface area contributed by atoms with E-state index in [1.807, 2.05) is 30.0 Å². The number of nitrogens with one attached hydrogen (secondary N) is 1. The van der Waals surface area contributed by atoms with Gasteiger partial charge in [0.15, 0.2) is 12.3 Å². The molecule has 3 aromatic carbocycles. The summed E-state index contributed by atoms with van der Waals surface area (Å²) in [6.45, 7) is 2.53. The number of carbonyl (C=O) groups is 2. The van der Waals surface area contributed by atoms with Crippen LogP contribution in [0.1, 0.15) is 58.0 Å². The molecule has 1 aliphatic heterocycles. The normalized spacial score (nSPS) is 14.5. The number of nitrogens with zero attached hydrogens (tertiary/aromatic N) is 2. The van der Waals surface area contributed by atoms with Crippen LogP contribution in [-0.4, -0.2) is 28.2 Å². The van der Waals surface area contributed by atoms with Crippen LogP contribution in [-0.2, 0) is 24.4 Å². The van der Waals surface area contributed by atoms with Crippen molar-refractivity contribution in [3.63, 3.8) is 0 Å². The van der Waals surface area contributed by atoms with E-state index in [1.54, 1.807) is 24.3 Å².